The molecule has 2 amide bonds. The summed E-state index contributed by atoms with van der Waals surface area (Å²) < 4.78 is 18.2. The first kappa shape index (κ1) is 24.6. The number of alkyl carbamates (subject to hydrolysis) is 1. The summed E-state index contributed by atoms with van der Waals surface area (Å²) in [4.78, 5) is 27.2. The number of rotatable bonds is 5. The summed E-state index contributed by atoms with van der Waals surface area (Å²) in [6.07, 6.45) is 0.870. The molecule has 3 heterocycles. The molecule has 0 spiro atoms. The summed E-state index contributed by atoms with van der Waals surface area (Å²) in [6.45, 7) is 4.82. The lowest BCUT2D eigenvalue weighted by molar-refractivity contribution is -0.189. The van der Waals surface area contributed by atoms with E-state index in [4.69, 9.17) is 14.2 Å². The number of fused-ring (bicyclic) bond motifs is 4. The van der Waals surface area contributed by atoms with Crippen molar-refractivity contribution in [2.75, 3.05) is 19.7 Å². The van der Waals surface area contributed by atoms with Crippen LogP contribution in [0.4, 0.5) is 4.79 Å². The Hall–Kier alpha value is -3.10. The first-order valence-corrected chi connectivity index (χ1v) is 12.7. The molecule has 0 bridgehead atoms. The number of carbonyl (C=O) groups is 2. The van der Waals surface area contributed by atoms with Crippen LogP contribution in [0.25, 0.3) is 0 Å². The van der Waals surface area contributed by atoms with E-state index in [1.165, 1.54) is 0 Å². The highest BCUT2D eigenvalue weighted by atomic mass is 16.5. The second-order valence-corrected chi connectivity index (χ2v) is 10.5. The minimum Gasteiger partial charge on any atom is -0.487 e. The van der Waals surface area contributed by atoms with Gasteiger partial charge in [0.15, 0.2) is 0 Å². The highest BCUT2D eigenvalue weighted by Gasteiger charge is 2.51. The van der Waals surface area contributed by atoms with Gasteiger partial charge in [-0.1, -0.05) is 48.5 Å². The van der Waals surface area contributed by atoms with Gasteiger partial charge >= 0.3 is 6.09 Å². The number of aliphatic hydroxyl groups is 1. The van der Waals surface area contributed by atoms with E-state index >= 15 is 0 Å². The SMILES string of the molecule is CC1(C)Oc2ccccc2[C@H]2O[C@H]3CCN(C(=O)[C@H](CO)NC(=O)OCc4ccccc4)C[C@H]3C[C@@H]21. The van der Waals surface area contributed by atoms with Gasteiger partial charge < -0.3 is 29.5 Å². The second-order valence-electron chi connectivity index (χ2n) is 10.5. The van der Waals surface area contributed by atoms with Crippen molar-refractivity contribution in [3.05, 3.63) is 65.7 Å². The van der Waals surface area contributed by atoms with Gasteiger partial charge in [0.25, 0.3) is 0 Å². The highest BCUT2D eigenvalue weighted by Crippen LogP contribution is 2.52. The molecule has 3 aliphatic rings. The third-order valence-electron chi connectivity index (χ3n) is 7.70. The molecule has 2 aromatic carbocycles. The summed E-state index contributed by atoms with van der Waals surface area (Å²) in [7, 11) is 0. The number of hydrogen-bond donors (Lipinski definition) is 2. The fourth-order valence-corrected chi connectivity index (χ4v) is 5.77. The molecule has 2 saturated heterocycles. The van der Waals surface area contributed by atoms with Crippen molar-refractivity contribution in [1.29, 1.82) is 0 Å². The maximum absolute atomic E-state index is 13.2. The van der Waals surface area contributed by atoms with E-state index in [9.17, 15) is 14.7 Å². The molecule has 2 aromatic rings. The summed E-state index contributed by atoms with van der Waals surface area (Å²) in [5, 5.41) is 12.4. The van der Waals surface area contributed by atoms with Crippen LogP contribution in [0.5, 0.6) is 5.75 Å². The van der Waals surface area contributed by atoms with Crippen molar-refractivity contribution < 1.29 is 28.9 Å². The molecule has 0 unspecified atom stereocenters. The number of aliphatic hydroxyl groups excluding tert-OH is 1. The summed E-state index contributed by atoms with van der Waals surface area (Å²) in [5.74, 6) is 0.884. The third-order valence-corrected chi connectivity index (χ3v) is 7.70. The van der Waals surface area contributed by atoms with Crippen molar-refractivity contribution in [1.82, 2.24) is 10.2 Å². The Kier molecular flexibility index (Phi) is 6.90. The molecule has 0 radical (unpaired) electrons. The lowest BCUT2D eigenvalue weighted by Gasteiger charge is -2.53. The zero-order valence-electron chi connectivity index (χ0n) is 20.8. The average molecular weight is 495 g/mol. The minimum atomic E-state index is -1.05. The molecule has 0 aromatic heterocycles. The number of hydrogen-bond acceptors (Lipinski definition) is 6. The van der Waals surface area contributed by atoms with Crippen LogP contribution in [0.15, 0.2) is 54.6 Å². The Labute approximate surface area is 211 Å². The van der Waals surface area contributed by atoms with E-state index in [2.05, 4.69) is 25.2 Å². The van der Waals surface area contributed by atoms with E-state index in [1.807, 2.05) is 48.5 Å². The van der Waals surface area contributed by atoms with Crippen LogP contribution >= 0.6 is 0 Å². The van der Waals surface area contributed by atoms with Crippen LogP contribution in [0.3, 0.4) is 0 Å². The predicted octanol–water partition coefficient (Wildman–Crippen LogP) is 3.44. The maximum atomic E-state index is 13.2. The summed E-state index contributed by atoms with van der Waals surface area (Å²) >= 11 is 0. The van der Waals surface area contributed by atoms with E-state index < -0.39 is 24.3 Å². The van der Waals surface area contributed by atoms with Gasteiger partial charge in [0, 0.05) is 30.5 Å². The van der Waals surface area contributed by atoms with E-state index in [-0.39, 0.29) is 36.6 Å². The molecule has 8 nitrogen and oxygen atoms in total. The zero-order valence-corrected chi connectivity index (χ0v) is 20.8. The monoisotopic (exact) mass is 494 g/mol. The van der Waals surface area contributed by atoms with Crippen LogP contribution in [0.2, 0.25) is 0 Å². The first-order valence-electron chi connectivity index (χ1n) is 12.7. The molecular formula is C28H34N2O6. The maximum Gasteiger partial charge on any atom is 0.408 e. The third kappa shape index (κ3) is 4.92. The minimum absolute atomic E-state index is 0.0281. The zero-order chi connectivity index (χ0) is 25.3. The Morgan fingerprint density at radius 2 is 1.92 bits per heavy atom. The summed E-state index contributed by atoms with van der Waals surface area (Å²) in [5.41, 5.74) is 1.54. The Morgan fingerprint density at radius 3 is 2.69 bits per heavy atom. The van der Waals surface area contributed by atoms with Gasteiger partial charge in [-0.05, 0) is 38.3 Å². The van der Waals surface area contributed by atoms with Gasteiger partial charge in [0.2, 0.25) is 5.91 Å². The molecular weight excluding hydrogens is 460 g/mol. The number of ether oxygens (including phenoxy) is 3. The molecule has 192 valence electrons. The average Bonchev–Trinajstić information content (AvgIpc) is 2.89. The van der Waals surface area contributed by atoms with Crippen molar-refractivity contribution in [2.24, 2.45) is 11.8 Å². The fourth-order valence-electron chi connectivity index (χ4n) is 5.77. The second kappa shape index (κ2) is 10.1. The van der Waals surface area contributed by atoms with Crippen LogP contribution < -0.4 is 10.1 Å². The van der Waals surface area contributed by atoms with E-state index in [0.29, 0.717) is 19.5 Å². The number of likely N-dealkylation sites (tertiary alicyclic amines) is 1. The van der Waals surface area contributed by atoms with Crippen molar-refractivity contribution in [2.45, 2.75) is 57.1 Å². The molecule has 36 heavy (non-hydrogen) atoms. The number of piperidine rings is 1. The lowest BCUT2D eigenvalue weighted by atomic mass is 9.70. The molecule has 2 N–H and O–H groups in total. The number of benzene rings is 2. The van der Waals surface area contributed by atoms with Crippen molar-refractivity contribution in [3.8, 4) is 5.75 Å². The lowest BCUT2D eigenvalue weighted by Crippen LogP contribution is -2.58. The van der Waals surface area contributed by atoms with E-state index in [0.717, 1.165) is 23.3 Å². The molecule has 0 saturated carbocycles. The van der Waals surface area contributed by atoms with Gasteiger partial charge in [-0.2, -0.15) is 0 Å². The smallest absolute Gasteiger partial charge is 0.408 e. The molecule has 0 aliphatic carbocycles. The number of carbonyl (C=O) groups excluding carboxylic acids is 2. The Bertz CT molecular complexity index is 1090. The fraction of sp³-hybridized carbons (Fsp3) is 0.500. The molecule has 8 heteroatoms. The first-order chi connectivity index (χ1) is 17.4. The molecule has 5 rings (SSSR count). The van der Waals surface area contributed by atoms with Crippen LogP contribution in [0.1, 0.15) is 43.9 Å². The van der Waals surface area contributed by atoms with Gasteiger partial charge in [-0.3, -0.25) is 4.79 Å². The number of para-hydroxylation sites is 1. The van der Waals surface area contributed by atoms with Crippen LogP contribution in [-0.2, 0) is 20.9 Å². The standard InChI is InChI=1S/C28H34N2O6/c1-28(2)21-14-19-15-30(13-12-23(19)35-25(21)20-10-6-7-11-24(20)36-28)26(32)22(16-31)29-27(33)34-17-18-8-4-3-5-9-18/h3-11,19,21-23,25,31H,12-17H2,1-2H3,(H,29,33)/t19-,21+,22+,23+,25-/m1/s1. The van der Waals surface area contributed by atoms with Gasteiger partial charge in [0.1, 0.15) is 24.0 Å². The van der Waals surface area contributed by atoms with Crippen molar-refractivity contribution >= 4 is 12.0 Å². The van der Waals surface area contributed by atoms with Gasteiger partial charge in [0.05, 0.1) is 18.8 Å². The Morgan fingerprint density at radius 1 is 1.17 bits per heavy atom. The van der Waals surface area contributed by atoms with Crippen molar-refractivity contribution in [3.63, 3.8) is 0 Å². The highest BCUT2D eigenvalue weighted by molar-refractivity contribution is 5.86. The normalized spacial score (nSPS) is 26.9. The molecule has 2 fully saturated rings. The molecule has 3 aliphatic heterocycles. The van der Waals surface area contributed by atoms with E-state index in [1.54, 1.807) is 4.90 Å². The topological polar surface area (TPSA) is 97.3 Å². The number of nitrogens with zero attached hydrogens (tertiary/aromatic N) is 1. The number of nitrogens with one attached hydrogen (secondary N) is 1. The largest absolute Gasteiger partial charge is 0.487 e. The van der Waals surface area contributed by atoms with Crippen LogP contribution in [-0.4, -0.2) is 59.5 Å². The van der Waals surface area contributed by atoms with Gasteiger partial charge in [-0.25, -0.2) is 4.79 Å². The predicted molar refractivity (Wildman–Crippen MR) is 132 cm³/mol. The van der Waals surface area contributed by atoms with Crippen LogP contribution in [0, 0.1) is 11.8 Å². The summed E-state index contributed by atoms with van der Waals surface area (Å²) in [6, 6.07) is 16.3. The number of amides is 2. The quantitative estimate of drug-likeness (QED) is 0.661. The van der Waals surface area contributed by atoms with Gasteiger partial charge in [-0.15, -0.1) is 0 Å². The Balaban J connectivity index is 1.21. The molecule has 5 atom stereocenters.